The van der Waals surface area contributed by atoms with Crippen LogP contribution in [0.2, 0.25) is 0 Å². The van der Waals surface area contributed by atoms with Gasteiger partial charge in [0, 0.05) is 6.04 Å². The van der Waals surface area contributed by atoms with Gasteiger partial charge in [0.05, 0.1) is 18.8 Å². The minimum atomic E-state index is -0.00694. The summed E-state index contributed by atoms with van der Waals surface area (Å²) in [4.78, 5) is 11.8. The van der Waals surface area contributed by atoms with Crippen LogP contribution < -0.4 is 15.4 Å². The second-order valence-corrected chi connectivity index (χ2v) is 4.88. The van der Waals surface area contributed by atoms with E-state index in [4.69, 9.17) is 4.74 Å². The Labute approximate surface area is 115 Å². The van der Waals surface area contributed by atoms with Crippen molar-refractivity contribution in [2.75, 3.05) is 18.5 Å². The van der Waals surface area contributed by atoms with Gasteiger partial charge < -0.3 is 15.4 Å². The molecule has 0 fully saturated rings. The molecule has 19 heavy (non-hydrogen) atoms. The number of hydrogen-bond donors (Lipinski definition) is 2. The van der Waals surface area contributed by atoms with Crippen molar-refractivity contribution in [2.24, 2.45) is 5.92 Å². The van der Waals surface area contributed by atoms with Gasteiger partial charge >= 0.3 is 0 Å². The maximum Gasteiger partial charge on any atom is 0.239 e. The van der Waals surface area contributed by atoms with Crippen LogP contribution in [0, 0.1) is 5.92 Å². The number of ether oxygens (including phenoxy) is 1. The zero-order valence-corrected chi connectivity index (χ0v) is 12.2. The number of benzene rings is 1. The Kier molecular flexibility index (Phi) is 6.19. The number of nitrogens with one attached hydrogen (secondary N) is 2. The number of para-hydroxylation sites is 2. The summed E-state index contributed by atoms with van der Waals surface area (Å²) >= 11 is 0. The van der Waals surface area contributed by atoms with Crippen molar-refractivity contribution in [3.8, 4) is 5.75 Å². The summed E-state index contributed by atoms with van der Waals surface area (Å²) in [5.74, 6) is 1.20. The van der Waals surface area contributed by atoms with Gasteiger partial charge in [0.25, 0.3) is 0 Å². The molecule has 1 rings (SSSR count). The third-order valence-electron chi connectivity index (χ3n) is 3.01. The quantitative estimate of drug-likeness (QED) is 0.796. The van der Waals surface area contributed by atoms with Crippen molar-refractivity contribution in [3.05, 3.63) is 24.3 Å². The van der Waals surface area contributed by atoms with Gasteiger partial charge in [-0.3, -0.25) is 4.79 Å². The molecule has 1 unspecified atom stereocenters. The van der Waals surface area contributed by atoms with E-state index in [-0.39, 0.29) is 18.5 Å². The fourth-order valence-corrected chi connectivity index (χ4v) is 1.54. The minimum Gasteiger partial charge on any atom is -0.492 e. The van der Waals surface area contributed by atoms with E-state index in [1.54, 1.807) is 0 Å². The van der Waals surface area contributed by atoms with Gasteiger partial charge in [0.2, 0.25) is 5.91 Å². The number of carbonyl (C=O) groups excluding carboxylic acids is 1. The molecule has 1 atom stereocenters. The van der Waals surface area contributed by atoms with E-state index in [0.717, 1.165) is 11.4 Å². The molecule has 1 aromatic rings. The van der Waals surface area contributed by atoms with Gasteiger partial charge in [0.1, 0.15) is 5.75 Å². The van der Waals surface area contributed by atoms with Crippen LogP contribution in [0.4, 0.5) is 5.69 Å². The van der Waals surface area contributed by atoms with E-state index < -0.39 is 0 Å². The average Bonchev–Trinajstić information content (AvgIpc) is 2.38. The number of hydrogen-bond acceptors (Lipinski definition) is 3. The van der Waals surface area contributed by atoms with Crippen LogP contribution in [-0.4, -0.2) is 25.1 Å². The lowest BCUT2D eigenvalue weighted by Crippen LogP contribution is -2.39. The Morgan fingerprint density at radius 3 is 2.58 bits per heavy atom. The summed E-state index contributed by atoms with van der Waals surface area (Å²) in [6.45, 7) is 8.98. The molecule has 0 spiro atoms. The Hall–Kier alpha value is -1.71. The van der Waals surface area contributed by atoms with E-state index in [1.807, 2.05) is 38.1 Å². The van der Waals surface area contributed by atoms with Crippen molar-refractivity contribution >= 4 is 11.6 Å². The molecular formula is C15H24N2O2. The predicted molar refractivity (Wildman–Crippen MR) is 78.5 cm³/mol. The van der Waals surface area contributed by atoms with Gasteiger partial charge in [-0.05, 0) is 31.9 Å². The van der Waals surface area contributed by atoms with Crippen LogP contribution >= 0.6 is 0 Å². The molecule has 0 aliphatic heterocycles. The normalized spacial score (nSPS) is 12.1. The van der Waals surface area contributed by atoms with Crippen LogP contribution in [0.25, 0.3) is 0 Å². The molecule has 0 saturated heterocycles. The Bertz CT molecular complexity index is 405. The maximum absolute atomic E-state index is 11.8. The zero-order valence-electron chi connectivity index (χ0n) is 12.2. The van der Waals surface area contributed by atoms with Crippen molar-refractivity contribution in [1.29, 1.82) is 0 Å². The molecule has 2 N–H and O–H groups in total. The lowest BCUT2D eigenvalue weighted by atomic mass is 10.1. The van der Waals surface area contributed by atoms with E-state index >= 15 is 0 Å². The third-order valence-corrected chi connectivity index (χ3v) is 3.01. The molecule has 1 amide bonds. The number of anilines is 1. The predicted octanol–water partition coefficient (Wildman–Crippen LogP) is 2.66. The fraction of sp³-hybridized carbons (Fsp3) is 0.533. The minimum absolute atomic E-state index is 0.00694. The number of rotatable bonds is 7. The summed E-state index contributed by atoms with van der Waals surface area (Å²) in [6, 6.07) is 7.80. The molecule has 0 bridgehead atoms. The molecule has 0 saturated carbocycles. The molecule has 0 aliphatic carbocycles. The molecule has 0 heterocycles. The second kappa shape index (κ2) is 7.67. The van der Waals surface area contributed by atoms with Crippen LogP contribution in [0.3, 0.4) is 0 Å². The molecular weight excluding hydrogens is 240 g/mol. The van der Waals surface area contributed by atoms with Crippen LogP contribution in [0.15, 0.2) is 24.3 Å². The highest BCUT2D eigenvalue weighted by Gasteiger charge is 2.11. The maximum atomic E-state index is 11.8. The Morgan fingerprint density at radius 2 is 1.95 bits per heavy atom. The second-order valence-electron chi connectivity index (χ2n) is 4.88. The van der Waals surface area contributed by atoms with E-state index in [9.17, 15) is 4.79 Å². The molecule has 0 aromatic heterocycles. The molecule has 1 aromatic carbocycles. The van der Waals surface area contributed by atoms with Gasteiger partial charge in [-0.2, -0.15) is 0 Å². The SMILES string of the molecule is CCOc1ccccc1NCC(=O)NC(C)C(C)C. The highest BCUT2D eigenvalue weighted by molar-refractivity contribution is 5.81. The largest absolute Gasteiger partial charge is 0.492 e. The Morgan fingerprint density at radius 1 is 1.26 bits per heavy atom. The number of carbonyl (C=O) groups is 1. The van der Waals surface area contributed by atoms with Crippen LogP contribution in [0.5, 0.6) is 5.75 Å². The van der Waals surface area contributed by atoms with Crippen LogP contribution in [0.1, 0.15) is 27.7 Å². The van der Waals surface area contributed by atoms with Crippen molar-refractivity contribution in [1.82, 2.24) is 5.32 Å². The first-order chi connectivity index (χ1) is 9.04. The first-order valence-electron chi connectivity index (χ1n) is 6.79. The topological polar surface area (TPSA) is 50.4 Å². The van der Waals surface area contributed by atoms with Gasteiger partial charge in [0.15, 0.2) is 0 Å². The van der Waals surface area contributed by atoms with Crippen molar-refractivity contribution in [2.45, 2.75) is 33.7 Å². The first kappa shape index (κ1) is 15.3. The van der Waals surface area contributed by atoms with Gasteiger partial charge in [-0.25, -0.2) is 0 Å². The average molecular weight is 264 g/mol. The lowest BCUT2D eigenvalue weighted by molar-refractivity contribution is -0.120. The molecule has 0 radical (unpaired) electrons. The molecule has 4 nitrogen and oxygen atoms in total. The molecule has 106 valence electrons. The summed E-state index contributed by atoms with van der Waals surface area (Å²) in [6.07, 6.45) is 0. The smallest absolute Gasteiger partial charge is 0.239 e. The fourth-order valence-electron chi connectivity index (χ4n) is 1.54. The number of amides is 1. The highest BCUT2D eigenvalue weighted by atomic mass is 16.5. The van der Waals surface area contributed by atoms with E-state index in [2.05, 4.69) is 24.5 Å². The summed E-state index contributed by atoms with van der Waals surface area (Å²) in [5.41, 5.74) is 0.844. The highest BCUT2D eigenvalue weighted by Crippen LogP contribution is 2.23. The van der Waals surface area contributed by atoms with E-state index in [1.165, 1.54) is 0 Å². The molecule has 0 aliphatic rings. The summed E-state index contributed by atoms with van der Waals surface area (Å²) in [5, 5.41) is 6.06. The van der Waals surface area contributed by atoms with E-state index in [0.29, 0.717) is 12.5 Å². The lowest BCUT2D eigenvalue weighted by Gasteiger charge is -2.18. The van der Waals surface area contributed by atoms with Crippen LogP contribution in [-0.2, 0) is 4.79 Å². The van der Waals surface area contributed by atoms with Crippen molar-refractivity contribution in [3.63, 3.8) is 0 Å². The van der Waals surface area contributed by atoms with Gasteiger partial charge in [-0.1, -0.05) is 26.0 Å². The summed E-state index contributed by atoms with van der Waals surface area (Å²) < 4.78 is 5.49. The standard InChI is InChI=1S/C15H24N2O2/c1-5-19-14-9-7-6-8-13(14)16-10-15(18)17-12(4)11(2)3/h6-9,11-12,16H,5,10H2,1-4H3,(H,17,18). The molecule has 4 heteroatoms. The Balaban J connectivity index is 2.50. The third kappa shape index (κ3) is 5.20. The first-order valence-corrected chi connectivity index (χ1v) is 6.79. The van der Waals surface area contributed by atoms with Gasteiger partial charge in [-0.15, -0.1) is 0 Å². The summed E-state index contributed by atoms with van der Waals surface area (Å²) in [7, 11) is 0. The zero-order chi connectivity index (χ0) is 14.3. The monoisotopic (exact) mass is 264 g/mol. The van der Waals surface area contributed by atoms with Crippen molar-refractivity contribution < 1.29 is 9.53 Å².